The van der Waals surface area contributed by atoms with Crippen molar-refractivity contribution in [2.24, 2.45) is 0 Å². The van der Waals surface area contributed by atoms with E-state index < -0.39 is 11.2 Å². The molecule has 4 heteroatoms. The Morgan fingerprint density at radius 3 is 1.82 bits per heavy atom. The summed E-state index contributed by atoms with van der Waals surface area (Å²) in [6.45, 7) is 0. The quantitative estimate of drug-likeness (QED) is 0.467. The van der Waals surface area contributed by atoms with Gasteiger partial charge in [-0.05, 0) is 39.1 Å². The minimum Gasteiger partial charge on any atom is -0.549 e. The average Bonchev–Trinajstić information content (AvgIpc) is 2.70. The van der Waals surface area contributed by atoms with Crippen LogP contribution in [-0.2, 0) is 17.0 Å². The molecule has 1 atom stereocenters. The number of carboxylic acids is 1. The van der Waals surface area contributed by atoms with Gasteiger partial charge in [-0.1, -0.05) is 84.9 Å². The van der Waals surface area contributed by atoms with Gasteiger partial charge >= 0.3 is 29.6 Å². The minimum atomic E-state index is -1.01. The molecule has 4 rings (SSSR count). The van der Waals surface area contributed by atoms with Crippen LogP contribution in [0.15, 0.2) is 84.9 Å². The summed E-state index contributed by atoms with van der Waals surface area (Å²) in [6.07, 6.45) is 0.464. The third-order valence-corrected chi connectivity index (χ3v) is 6.02. The molecule has 0 aliphatic rings. The topological polar surface area (TPSA) is 40.1 Å². The molecule has 0 bridgehead atoms. The van der Waals surface area contributed by atoms with E-state index in [0.29, 0.717) is 12.2 Å². The second kappa shape index (κ2) is 9.62. The predicted molar refractivity (Wildman–Crippen MR) is 112 cm³/mol. The maximum absolute atomic E-state index is 11.7. The van der Waals surface area contributed by atoms with Gasteiger partial charge in [-0.3, -0.25) is 0 Å². The van der Waals surface area contributed by atoms with Gasteiger partial charge in [-0.15, -0.1) is 11.8 Å². The molecule has 0 N–H and O–H groups in total. The summed E-state index contributed by atoms with van der Waals surface area (Å²) >= 11 is 1.43. The van der Waals surface area contributed by atoms with Crippen molar-refractivity contribution >= 4 is 39.3 Å². The zero-order valence-corrected chi connectivity index (χ0v) is 18.6. The number of hydrogen-bond donors (Lipinski definition) is 0. The maximum Gasteiger partial charge on any atom is 1.00 e. The van der Waals surface area contributed by atoms with Gasteiger partial charge in [-0.2, -0.15) is 0 Å². The molecule has 0 spiro atoms. The number of carboxylic acid groups (broad SMARTS) is 1. The monoisotopic (exact) mass is 394 g/mol. The molecule has 0 saturated carbocycles. The fraction of sp³-hybridized carbons (Fsp3) is 0.125. The summed E-state index contributed by atoms with van der Waals surface area (Å²) in [5, 5.41) is 15.8. The van der Waals surface area contributed by atoms with Crippen LogP contribution in [-0.4, -0.2) is 11.2 Å². The van der Waals surface area contributed by atoms with Gasteiger partial charge < -0.3 is 9.90 Å². The van der Waals surface area contributed by atoms with E-state index in [1.54, 1.807) is 0 Å². The summed E-state index contributed by atoms with van der Waals surface area (Å²) < 4.78 is 0. The molecule has 0 aliphatic carbocycles. The molecule has 0 fully saturated rings. The number of benzene rings is 4. The molecular weight excluding hydrogens is 375 g/mol. The molecule has 0 amide bonds. The zero-order valence-electron chi connectivity index (χ0n) is 15.8. The standard InChI is InChI=1S/C24H20O2S.Na/c25-24(26)23(15-17-9-11-19-5-1-3-7-21(19)13-17)27-16-18-10-12-20-6-2-4-8-22(20)14-18;/h1-14,23H,15-16H2,(H,25,26);/q;+1/p-1. The van der Waals surface area contributed by atoms with E-state index in [1.165, 1.54) is 22.5 Å². The number of carbonyl (C=O) groups excluding carboxylic acids is 1. The van der Waals surface area contributed by atoms with E-state index in [1.807, 2.05) is 36.4 Å². The van der Waals surface area contributed by atoms with E-state index in [4.69, 9.17) is 0 Å². The first-order valence-corrected chi connectivity index (χ1v) is 10.0. The van der Waals surface area contributed by atoms with Crippen LogP contribution in [0.4, 0.5) is 0 Å². The van der Waals surface area contributed by atoms with Crippen molar-refractivity contribution in [1.29, 1.82) is 0 Å². The maximum atomic E-state index is 11.7. The number of rotatable bonds is 6. The Bertz CT molecular complexity index is 1110. The Morgan fingerprint density at radius 2 is 1.25 bits per heavy atom. The van der Waals surface area contributed by atoms with E-state index in [0.717, 1.165) is 21.9 Å². The van der Waals surface area contributed by atoms with E-state index in [2.05, 4.69) is 48.5 Å². The first-order valence-electron chi connectivity index (χ1n) is 8.97. The van der Waals surface area contributed by atoms with Crippen LogP contribution in [0.1, 0.15) is 11.1 Å². The van der Waals surface area contributed by atoms with Crippen molar-refractivity contribution in [3.05, 3.63) is 96.1 Å². The van der Waals surface area contributed by atoms with Crippen molar-refractivity contribution in [1.82, 2.24) is 0 Å². The van der Waals surface area contributed by atoms with E-state index in [9.17, 15) is 9.90 Å². The third-order valence-electron chi connectivity index (χ3n) is 4.76. The Labute approximate surface area is 191 Å². The van der Waals surface area contributed by atoms with Crippen LogP contribution >= 0.6 is 11.8 Å². The van der Waals surface area contributed by atoms with Crippen LogP contribution in [0.2, 0.25) is 0 Å². The molecule has 0 heterocycles. The van der Waals surface area contributed by atoms with Crippen LogP contribution in [0, 0.1) is 0 Å². The smallest absolute Gasteiger partial charge is 0.549 e. The van der Waals surface area contributed by atoms with E-state index in [-0.39, 0.29) is 29.6 Å². The molecule has 0 aromatic heterocycles. The summed E-state index contributed by atoms with van der Waals surface area (Å²) in [5.74, 6) is -0.356. The summed E-state index contributed by atoms with van der Waals surface area (Å²) in [7, 11) is 0. The fourth-order valence-corrected chi connectivity index (χ4v) is 4.34. The van der Waals surface area contributed by atoms with Crippen LogP contribution in [0.5, 0.6) is 0 Å². The van der Waals surface area contributed by atoms with Gasteiger partial charge in [0.25, 0.3) is 0 Å². The molecule has 1 unspecified atom stereocenters. The molecule has 134 valence electrons. The fourth-order valence-electron chi connectivity index (χ4n) is 3.32. The molecule has 4 aromatic carbocycles. The number of aliphatic carboxylic acids is 1. The number of fused-ring (bicyclic) bond motifs is 2. The summed E-state index contributed by atoms with van der Waals surface area (Å²) in [4.78, 5) is 11.7. The number of thioether (sulfide) groups is 1. The second-order valence-electron chi connectivity index (χ2n) is 6.69. The van der Waals surface area contributed by atoms with Crippen molar-refractivity contribution in [2.75, 3.05) is 0 Å². The largest absolute Gasteiger partial charge is 1.00 e. The van der Waals surface area contributed by atoms with Gasteiger partial charge in [0.1, 0.15) is 0 Å². The predicted octanol–water partition coefficient (Wildman–Crippen LogP) is 1.59. The van der Waals surface area contributed by atoms with E-state index >= 15 is 0 Å². The normalized spacial score (nSPS) is 11.9. The van der Waals surface area contributed by atoms with Crippen LogP contribution < -0.4 is 34.7 Å². The van der Waals surface area contributed by atoms with Gasteiger partial charge in [-0.25, -0.2) is 0 Å². The number of hydrogen-bond acceptors (Lipinski definition) is 3. The third kappa shape index (κ3) is 4.98. The molecule has 0 saturated heterocycles. The molecule has 28 heavy (non-hydrogen) atoms. The molecule has 2 nitrogen and oxygen atoms in total. The average molecular weight is 394 g/mol. The summed E-state index contributed by atoms with van der Waals surface area (Å²) in [6, 6.07) is 28.7. The van der Waals surface area contributed by atoms with Crippen molar-refractivity contribution in [3.8, 4) is 0 Å². The molecule has 0 aliphatic heterocycles. The van der Waals surface area contributed by atoms with Gasteiger partial charge in [0.05, 0.1) is 5.97 Å². The first kappa shape index (κ1) is 20.9. The Hall–Kier alpha value is -1.78. The Kier molecular flexibility index (Phi) is 7.19. The molecule has 0 radical (unpaired) electrons. The first-order chi connectivity index (χ1) is 13.2. The SMILES string of the molecule is O=C([O-])C(Cc1ccc2ccccc2c1)SCc1ccc2ccccc2c1.[Na+]. The molecular formula is C24H19NaO2S. The van der Waals surface area contributed by atoms with Gasteiger partial charge in [0, 0.05) is 11.0 Å². The van der Waals surface area contributed by atoms with Crippen LogP contribution in [0.25, 0.3) is 21.5 Å². The summed E-state index contributed by atoms with van der Waals surface area (Å²) in [5.41, 5.74) is 2.15. The Balaban J connectivity index is 0.00000225. The van der Waals surface area contributed by atoms with Gasteiger partial charge in [0.15, 0.2) is 0 Å². The van der Waals surface area contributed by atoms with Crippen molar-refractivity contribution in [2.45, 2.75) is 17.4 Å². The number of carbonyl (C=O) groups is 1. The molecule has 4 aromatic rings. The van der Waals surface area contributed by atoms with Crippen LogP contribution in [0.3, 0.4) is 0 Å². The van der Waals surface area contributed by atoms with Crippen molar-refractivity contribution < 1.29 is 39.5 Å². The van der Waals surface area contributed by atoms with Crippen molar-refractivity contribution in [3.63, 3.8) is 0 Å². The Morgan fingerprint density at radius 1 is 0.750 bits per heavy atom. The zero-order chi connectivity index (χ0) is 18.6. The second-order valence-corrected chi connectivity index (χ2v) is 7.88. The van der Waals surface area contributed by atoms with Gasteiger partial charge in [0.2, 0.25) is 0 Å². The minimum absolute atomic E-state index is 0.